The Morgan fingerprint density at radius 3 is 2.08 bits per heavy atom. The lowest BCUT2D eigenvalue weighted by Crippen LogP contribution is -2.17. The highest BCUT2D eigenvalue weighted by Crippen LogP contribution is 2.34. The van der Waals surface area contributed by atoms with E-state index >= 15 is 0 Å². The molecule has 0 saturated heterocycles. The summed E-state index contributed by atoms with van der Waals surface area (Å²) in [5, 5.41) is 0. The lowest BCUT2D eigenvalue weighted by Gasteiger charge is -2.23. The van der Waals surface area contributed by atoms with Crippen molar-refractivity contribution < 1.29 is 21.6 Å². The van der Waals surface area contributed by atoms with Crippen molar-refractivity contribution in [2.45, 2.75) is 43.7 Å². The quantitative estimate of drug-likeness (QED) is 0.612. The second-order valence-electron chi connectivity index (χ2n) is 6.59. The maximum atomic E-state index is 12.9. The molecule has 2 aromatic rings. The molecule has 0 aliphatic heterocycles. The monoisotopic (exact) mass is 449 g/mol. The van der Waals surface area contributed by atoms with E-state index in [0.29, 0.717) is 0 Å². The van der Waals surface area contributed by atoms with Gasteiger partial charge >= 0.3 is 6.18 Å². The van der Waals surface area contributed by atoms with Gasteiger partial charge in [0.15, 0.2) is 0 Å². The molecule has 3 nitrogen and oxygen atoms in total. The number of sulfonamides is 1. The predicted octanol–water partition coefficient (Wildman–Crippen LogP) is 5.96. The molecule has 0 radical (unpaired) electrons. The molecule has 8 heteroatoms. The second kappa shape index (κ2) is 7.23. The standard InChI is InChI=1S/C18H19BrF3NO2S/c1-4-17(2,3)12-5-7-16(8-6-12)26(24,25)23-15-10-13(18(20,21)22)9-14(19)11-15/h5-11,23H,4H2,1-3H3. The Morgan fingerprint density at radius 1 is 1.00 bits per heavy atom. The molecule has 0 unspecified atom stereocenters. The van der Waals surface area contributed by atoms with Crippen LogP contribution in [0.2, 0.25) is 0 Å². The molecular formula is C18H19BrF3NO2S. The summed E-state index contributed by atoms with van der Waals surface area (Å²) in [5.41, 5.74) is -0.211. The van der Waals surface area contributed by atoms with Gasteiger partial charge in [0.2, 0.25) is 0 Å². The lowest BCUT2D eigenvalue weighted by atomic mass is 9.82. The third-order valence-corrected chi connectivity index (χ3v) is 6.16. The average molecular weight is 450 g/mol. The van der Waals surface area contributed by atoms with Gasteiger partial charge in [0.1, 0.15) is 0 Å². The third kappa shape index (κ3) is 4.79. The van der Waals surface area contributed by atoms with Crippen LogP contribution >= 0.6 is 15.9 Å². The SMILES string of the molecule is CCC(C)(C)c1ccc(S(=O)(=O)Nc2cc(Br)cc(C(F)(F)F)c2)cc1. The maximum absolute atomic E-state index is 12.9. The van der Waals surface area contributed by atoms with Crippen LogP contribution in [0.1, 0.15) is 38.3 Å². The Labute approximate surface area is 159 Å². The molecule has 1 N–H and O–H groups in total. The normalized spacial score (nSPS) is 12.9. The van der Waals surface area contributed by atoms with Crippen LogP contribution in [0.3, 0.4) is 0 Å². The number of hydrogen-bond donors (Lipinski definition) is 1. The molecule has 142 valence electrons. The first-order chi connectivity index (χ1) is 11.8. The first kappa shape index (κ1) is 20.8. The highest BCUT2D eigenvalue weighted by Gasteiger charge is 2.31. The smallest absolute Gasteiger partial charge is 0.280 e. The van der Waals surface area contributed by atoms with Crippen LogP contribution in [-0.4, -0.2) is 8.42 Å². The van der Waals surface area contributed by atoms with Gasteiger partial charge in [0.25, 0.3) is 10.0 Å². The summed E-state index contributed by atoms with van der Waals surface area (Å²) in [6.07, 6.45) is -3.69. The Bertz CT molecular complexity index is 892. The highest BCUT2D eigenvalue weighted by atomic mass is 79.9. The molecule has 0 aliphatic carbocycles. The van der Waals surface area contributed by atoms with E-state index in [-0.39, 0.29) is 20.5 Å². The van der Waals surface area contributed by atoms with Crippen molar-refractivity contribution in [1.29, 1.82) is 0 Å². The van der Waals surface area contributed by atoms with Crippen molar-refractivity contribution in [2.24, 2.45) is 0 Å². The van der Waals surface area contributed by atoms with E-state index < -0.39 is 21.8 Å². The number of benzene rings is 2. The van der Waals surface area contributed by atoms with Gasteiger partial charge in [0, 0.05) is 4.47 Å². The molecule has 0 spiro atoms. The number of nitrogens with one attached hydrogen (secondary N) is 1. The van der Waals surface area contributed by atoms with E-state index in [2.05, 4.69) is 34.5 Å². The molecule has 0 fully saturated rings. The summed E-state index contributed by atoms with van der Waals surface area (Å²) in [7, 11) is -4.00. The Morgan fingerprint density at radius 2 is 1.58 bits per heavy atom. The van der Waals surface area contributed by atoms with Gasteiger partial charge in [-0.25, -0.2) is 8.42 Å². The van der Waals surface area contributed by atoms with Gasteiger partial charge in [-0.15, -0.1) is 0 Å². The molecule has 0 aliphatic rings. The lowest BCUT2D eigenvalue weighted by molar-refractivity contribution is -0.137. The molecule has 0 aromatic heterocycles. The van der Waals surface area contributed by atoms with Crippen molar-refractivity contribution in [1.82, 2.24) is 0 Å². The van der Waals surface area contributed by atoms with Crippen LogP contribution in [0.15, 0.2) is 51.8 Å². The Balaban J connectivity index is 2.33. The molecule has 2 aromatic carbocycles. The van der Waals surface area contributed by atoms with Crippen LogP contribution in [0, 0.1) is 0 Å². The number of hydrogen-bond acceptors (Lipinski definition) is 2. The Hall–Kier alpha value is -1.54. The topological polar surface area (TPSA) is 46.2 Å². The van der Waals surface area contributed by atoms with E-state index in [0.717, 1.165) is 24.1 Å². The summed E-state index contributed by atoms with van der Waals surface area (Å²) in [5.74, 6) is 0. The minimum absolute atomic E-state index is 0.0123. The molecule has 2 rings (SSSR count). The number of alkyl halides is 3. The summed E-state index contributed by atoms with van der Waals surface area (Å²) in [6.45, 7) is 6.14. The van der Waals surface area contributed by atoms with Gasteiger partial charge in [-0.2, -0.15) is 13.2 Å². The van der Waals surface area contributed by atoms with Gasteiger partial charge in [-0.1, -0.05) is 48.8 Å². The van der Waals surface area contributed by atoms with Crippen molar-refractivity contribution in [3.63, 3.8) is 0 Å². The van der Waals surface area contributed by atoms with Crippen molar-refractivity contribution in [2.75, 3.05) is 4.72 Å². The summed E-state index contributed by atoms with van der Waals surface area (Å²) < 4.78 is 66.0. The molecular weight excluding hydrogens is 431 g/mol. The fourth-order valence-electron chi connectivity index (χ4n) is 2.32. The second-order valence-corrected chi connectivity index (χ2v) is 9.19. The zero-order chi connectivity index (χ0) is 19.8. The molecule has 0 atom stereocenters. The van der Waals surface area contributed by atoms with Gasteiger partial charge in [-0.3, -0.25) is 4.72 Å². The number of halogens is 4. The van der Waals surface area contributed by atoms with Gasteiger partial charge in [0.05, 0.1) is 16.1 Å². The molecule has 0 saturated carbocycles. The van der Waals surface area contributed by atoms with E-state index in [1.807, 2.05) is 6.92 Å². The fourth-order valence-corrected chi connectivity index (χ4v) is 3.85. The highest BCUT2D eigenvalue weighted by molar-refractivity contribution is 9.10. The number of anilines is 1. The van der Waals surface area contributed by atoms with Crippen molar-refractivity contribution in [3.05, 3.63) is 58.1 Å². The molecule has 0 heterocycles. The molecule has 0 bridgehead atoms. The van der Waals surface area contributed by atoms with E-state index in [1.54, 1.807) is 12.1 Å². The maximum Gasteiger partial charge on any atom is 0.416 e. The van der Waals surface area contributed by atoms with Crippen LogP contribution in [0.4, 0.5) is 18.9 Å². The van der Waals surface area contributed by atoms with Gasteiger partial charge in [-0.05, 0) is 47.7 Å². The minimum atomic E-state index is -4.57. The van der Waals surface area contributed by atoms with Crippen molar-refractivity contribution >= 4 is 31.6 Å². The Kier molecular flexibility index (Phi) is 5.77. The first-order valence-electron chi connectivity index (χ1n) is 7.86. The van der Waals surface area contributed by atoms with Crippen LogP contribution < -0.4 is 4.72 Å². The minimum Gasteiger partial charge on any atom is -0.280 e. The van der Waals surface area contributed by atoms with Crippen LogP contribution in [-0.2, 0) is 21.6 Å². The van der Waals surface area contributed by atoms with Gasteiger partial charge < -0.3 is 0 Å². The van der Waals surface area contributed by atoms with Crippen molar-refractivity contribution in [3.8, 4) is 0 Å². The largest absolute Gasteiger partial charge is 0.416 e. The van der Waals surface area contributed by atoms with Crippen LogP contribution in [0.5, 0.6) is 0 Å². The number of rotatable bonds is 5. The van der Waals surface area contributed by atoms with E-state index in [1.165, 1.54) is 18.2 Å². The average Bonchev–Trinajstić information content (AvgIpc) is 2.53. The third-order valence-electron chi connectivity index (χ3n) is 4.31. The molecule has 26 heavy (non-hydrogen) atoms. The zero-order valence-electron chi connectivity index (χ0n) is 14.5. The first-order valence-corrected chi connectivity index (χ1v) is 10.1. The zero-order valence-corrected chi connectivity index (χ0v) is 16.9. The summed E-state index contributed by atoms with van der Waals surface area (Å²) in [4.78, 5) is -0.0123. The van der Waals surface area contributed by atoms with Crippen LogP contribution in [0.25, 0.3) is 0 Å². The summed E-state index contributed by atoms with van der Waals surface area (Å²) >= 11 is 2.97. The fraction of sp³-hybridized carbons (Fsp3) is 0.333. The molecule has 0 amide bonds. The van der Waals surface area contributed by atoms with E-state index in [4.69, 9.17) is 0 Å². The van der Waals surface area contributed by atoms with E-state index in [9.17, 15) is 21.6 Å². The predicted molar refractivity (Wildman–Crippen MR) is 99.7 cm³/mol. The summed E-state index contributed by atoms with van der Waals surface area (Å²) in [6, 6.07) is 9.29.